The minimum absolute atomic E-state index is 0.630. The number of rotatable bonds is 7. The van der Waals surface area contributed by atoms with Crippen LogP contribution in [0, 0.1) is 17.8 Å². The summed E-state index contributed by atoms with van der Waals surface area (Å²) in [5, 5.41) is 0.742. The first kappa shape index (κ1) is 21.8. The summed E-state index contributed by atoms with van der Waals surface area (Å²) in [6.45, 7) is 0.925. The van der Waals surface area contributed by atoms with Gasteiger partial charge in [0.05, 0.1) is 0 Å². The molecule has 2 aliphatic rings. The molecule has 0 saturated heterocycles. The molecular formula is C26H35ClN2O. The van der Waals surface area contributed by atoms with Crippen LogP contribution >= 0.6 is 11.6 Å². The van der Waals surface area contributed by atoms with Gasteiger partial charge in [-0.1, -0.05) is 24.4 Å². The second-order valence-corrected chi connectivity index (χ2v) is 9.81. The number of ether oxygens (including phenoxy) is 1. The van der Waals surface area contributed by atoms with Gasteiger partial charge >= 0.3 is 0 Å². The van der Waals surface area contributed by atoms with Crippen molar-refractivity contribution in [2.75, 3.05) is 13.7 Å². The Labute approximate surface area is 186 Å². The highest BCUT2D eigenvalue weighted by Gasteiger charge is 2.31. The summed E-state index contributed by atoms with van der Waals surface area (Å²) in [5.41, 5.74) is 2.33. The number of aromatic nitrogens is 2. The van der Waals surface area contributed by atoms with Gasteiger partial charge in [-0.2, -0.15) is 0 Å². The summed E-state index contributed by atoms with van der Waals surface area (Å²) >= 11 is 5.98. The van der Waals surface area contributed by atoms with Gasteiger partial charge in [0.2, 0.25) is 0 Å². The average Bonchev–Trinajstić information content (AvgIpc) is 2.81. The zero-order chi connectivity index (χ0) is 20.8. The topological polar surface area (TPSA) is 35.0 Å². The van der Waals surface area contributed by atoms with Crippen LogP contribution in [0.1, 0.15) is 75.7 Å². The van der Waals surface area contributed by atoms with E-state index in [0.717, 1.165) is 40.8 Å². The monoisotopic (exact) mass is 426 g/mol. The van der Waals surface area contributed by atoms with E-state index >= 15 is 0 Å². The number of hydrogen-bond acceptors (Lipinski definition) is 3. The molecule has 162 valence electrons. The number of halogens is 1. The fraction of sp³-hybridized carbons (Fsp3) is 0.615. The zero-order valence-corrected chi connectivity index (χ0v) is 19.0. The second-order valence-electron chi connectivity index (χ2n) is 9.37. The Morgan fingerprint density at radius 1 is 0.867 bits per heavy atom. The van der Waals surface area contributed by atoms with E-state index in [1.165, 1.54) is 69.8 Å². The highest BCUT2D eigenvalue weighted by atomic mass is 35.5. The van der Waals surface area contributed by atoms with E-state index in [4.69, 9.17) is 16.3 Å². The molecule has 0 atom stereocenters. The van der Waals surface area contributed by atoms with Crippen molar-refractivity contribution >= 4 is 11.6 Å². The number of hydrogen-bond donors (Lipinski definition) is 0. The van der Waals surface area contributed by atoms with Crippen LogP contribution in [0.3, 0.4) is 0 Å². The van der Waals surface area contributed by atoms with Crippen molar-refractivity contribution in [2.24, 2.45) is 17.8 Å². The summed E-state index contributed by atoms with van der Waals surface area (Å²) in [4.78, 5) is 9.28. The van der Waals surface area contributed by atoms with E-state index in [-0.39, 0.29) is 0 Å². The zero-order valence-electron chi connectivity index (χ0n) is 18.2. The lowest BCUT2D eigenvalue weighted by atomic mass is 9.68. The van der Waals surface area contributed by atoms with Crippen LogP contribution in [0.15, 0.2) is 36.7 Å². The maximum atomic E-state index is 5.98. The van der Waals surface area contributed by atoms with Gasteiger partial charge in [0.15, 0.2) is 5.82 Å². The predicted molar refractivity (Wildman–Crippen MR) is 124 cm³/mol. The molecule has 2 fully saturated rings. The van der Waals surface area contributed by atoms with E-state index in [1.54, 1.807) is 0 Å². The maximum Gasteiger partial charge on any atom is 0.159 e. The molecule has 1 aromatic carbocycles. The molecule has 0 N–H and O–H groups in total. The van der Waals surface area contributed by atoms with Crippen LogP contribution in [0.4, 0.5) is 0 Å². The van der Waals surface area contributed by atoms with Gasteiger partial charge in [-0.05, 0) is 105 Å². The molecule has 3 nitrogen and oxygen atoms in total. The molecule has 0 spiro atoms. The average molecular weight is 427 g/mol. The molecular weight excluding hydrogens is 392 g/mol. The quantitative estimate of drug-likeness (QED) is 0.435. The molecule has 0 amide bonds. The number of benzene rings is 1. The van der Waals surface area contributed by atoms with Crippen molar-refractivity contribution in [2.45, 2.75) is 70.1 Å². The SMILES string of the molecule is COCCCC1CCC(C2CCC(c3cnc(-c4ccc(Cl)cc4)nc3)CC2)CC1. The fourth-order valence-corrected chi connectivity index (χ4v) is 5.81. The third kappa shape index (κ3) is 5.62. The van der Waals surface area contributed by atoms with Crippen LogP contribution in [0.5, 0.6) is 0 Å². The molecule has 4 rings (SSSR count). The third-order valence-electron chi connectivity index (χ3n) is 7.54. The van der Waals surface area contributed by atoms with Crippen molar-refractivity contribution in [3.05, 3.63) is 47.2 Å². The summed E-state index contributed by atoms with van der Waals surface area (Å²) in [6, 6.07) is 7.74. The molecule has 1 heterocycles. The standard InChI is InChI=1S/C26H35ClN2O/c1-30-16-2-3-19-4-6-20(7-5-19)21-8-10-22(11-9-21)24-17-28-26(29-18-24)23-12-14-25(27)15-13-23/h12-15,17-22H,2-11,16H2,1H3. The molecule has 30 heavy (non-hydrogen) atoms. The summed E-state index contributed by atoms with van der Waals surface area (Å²) in [7, 11) is 1.81. The minimum Gasteiger partial charge on any atom is -0.385 e. The van der Waals surface area contributed by atoms with Gasteiger partial charge in [-0.25, -0.2) is 9.97 Å². The lowest BCUT2D eigenvalue weighted by Crippen LogP contribution is -2.25. The lowest BCUT2D eigenvalue weighted by Gasteiger charge is -2.38. The summed E-state index contributed by atoms with van der Waals surface area (Å²) in [6.07, 6.45) is 17.8. The predicted octanol–water partition coefficient (Wildman–Crippen LogP) is 7.30. The highest BCUT2D eigenvalue weighted by Crippen LogP contribution is 2.44. The number of methoxy groups -OCH3 is 1. The van der Waals surface area contributed by atoms with Crippen LogP contribution in [0.25, 0.3) is 11.4 Å². The first-order valence-electron chi connectivity index (χ1n) is 11.8. The Hall–Kier alpha value is -1.45. The van der Waals surface area contributed by atoms with E-state index in [1.807, 2.05) is 43.8 Å². The highest BCUT2D eigenvalue weighted by molar-refractivity contribution is 6.30. The van der Waals surface area contributed by atoms with Gasteiger partial charge < -0.3 is 4.74 Å². The van der Waals surface area contributed by atoms with Crippen LogP contribution < -0.4 is 0 Å². The Balaban J connectivity index is 1.24. The largest absolute Gasteiger partial charge is 0.385 e. The van der Waals surface area contributed by atoms with Gasteiger partial charge in [-0.3, -0.25) is 0 Å². The molecule has 2 aromatic rings. The molecule has 0 aliphatic heterocycles. The summed E-state index contributed by atoms with van der Waals surface area (Å²) < 4.78 is 5.22. The van der Waals surface area contributed by atoms with Crippen molar-refractivity contribution in [1.82, 2.24) is 9.97 Å². The Bertz CT molecular complexity index is 761. The third-order valence-corrected chi connectivity index (χ3v) is 7.79. The fourth-order valence-electron chi connectivity index (χ4n) is 5.69. The number of nitrogens with zero attached hydrogens (tertiary/aromatic N) is 2. The molecule has 2 saturated carbocycles. The molecule has 0 radical (unpaired) electrons. The van der Waals surface area contributed by atoms with E-state index in [2.05, 4.69) is 9.97 Å². The molecule has 4 heteroatoms. The second kappa shape index (κ2) is 10.7. The van der Waals surface area contributed by atoms with E-state index in [9.17, 15) is 0 Å². The first-order valence-corrected chi connectivity index (χ1v) is 12.2. The van der Waals surface area contributed by atoms with Crippen molar-refractivity contribution in [3.8, 4) is 11.4 Å². The lowest BCUT2D eigenvalue weighted by molar-refractivity contribution is 0.144. The first-order chi connectivity index (χ1) is 14.7. The minimum atomic E-state index is 0.630. The van der Waals surface area contributed by atoms with E-state index < -0.39 is 0 Å². The van der Waals surface area contributed by atoms with Crippen molar-refractivity contribution in [3.63, 3.8) is 0 Å². The van der Waals surface area contributed by atoms with Crippen LogP contribution in [0.2, 0.25) is 5.02 Å². The van der Waals surface area contributed by atoms with Crippen molar-refractivity contribution in [1.29, 1.82) is 0 Å². The smallest absolute Gasteiger partial charge is 0.159 e. The Kier molecular flexibility index (Phi) is 7.78. The molecule has 0 unspecified atom stereocenters. The maximum absolute atomic E-state index is 5.98. The van der Waals surface area contributed by atoms with Gasteiger partial charge in [0.1, 0.15) is 0 Å². The Morgan fingerprint density at radius 3 is 2.07 bits per heavy atom. The molecule has 0 bridgehead atoms. The summed E-state index contributed by atoms with van der Waals surface area (Å²) in [5.74, 6) is 4.27. The van der Waals surface area contributed by atoms with Gasteiger partial charge in [0.25, 0.3) is 0 Å². The molecule has 2 aliphatic carbocycles. The van der Waals surface area contributed by atoms with Crippen LogP contribution in [-0.2, 0) is 4.74 Å². The normalized spacial score (nSPS) is 27.1. The van der Waals surface area contributed by atoms with Gasteiger partial charge in [0, 0.05) is 36.7 Å². The van der Waals surface area contributed by atoms with Crippen molar-refractivity contribution < 1.29 is 4.74 Å². The molecule has 1 aromatic heterocycles. The van der Waals surface area contributed by atoms with Crippen LogP contribution in [-0.4, -0.2) is 23.7 Å². The van der Waals surface area contributed by atoms with E-state index in [0.29, 0.717) is 5.92 Å². The Morgan fingerprint density at radius 2 is 1.47 bits per heavy atom. The van der Waals surface area contributed by atoms with Gasteiger partial charge in [-0.15, -0.1) is 0 Å².